The molecule has 166 valence electrons. The van der Waals surface area contributed by atoms with Gasteiger partial charge in [-0.05, 0) is 26.0 Å². The lowest BCUT2D eigenvalue weighted by molar-refractivity contribution is -0.138. The molecular formula is C23H44O2S3. The topological polar surface area (TPSA) is 37.3 Å². The molecule has 0 fully saturated rings. The van der Waals surface area contributed by atoms with Crippen LogP contribution in [0.15, 0.2) is 0 Å². The molecule has 0 aliphatic rings. The van der Waals surface area contributed by atoms with E-state index in [9.17, 15) is 4.79 Å². The van der Waals surface area contributed by atoms with Crippen molar-refractivity contribution in [3.63, 3.8) is 0 Å². The second kappa shape index (κ2) is 19.2. The standard InChI is InChI=1S/C23H44O2S3/c1-4-5-6-7-8-9-10-11-12-13-14-15-16-17-18-19-20-27-22(26)28-23(2,3)21(24)25/h4-20H2,1-3H3,(H,24,25). The maximum absolute atomic E-state index is 11.1. The molecule has 28 heavy (non-hydrogen) atoms. The smallest absolute Gasteiger partial charge is 0.319 e. The van der Waals surface area contributed by atoms with Gasteiger partial charge < -0.3 is 5.11 Å². The van der Waals surface area contributed by atoms with E-state index < -0.39 is 10.7 Å². The number of hydrogen-bond acceptors (Lipinski definition) is 4. The zero-order chi connectivity index (χ0) is 21.1. The monoisotopic (exact) mass is 448 g/mol. The summed E-state index contributed by atoms with van der Waals surface area (Å²) in [6.07, 6.45) is 22.1. The minimum absolute atomic E-state index is 0.758. The number of hydrogen-bond donors (Lipinski definition) is 1. The van der Waals surface area contributed by atoms with Gasteiger partial charge in [-0.25, -0.2) is 0 Å². The Morgan fingerprint density at radius 1 is 0.750 bits per heavy atom. The number of carbonyl (C=O) groups is 1. The highest BCUT2D eigenvalue weighted by Gasteiger charge is 2.29. The third kappa shape index (κ3) is 18.3. The van der Waals surface area contributed by atoms with Crippen molar-refractivity contribution in [3.8, 4) is 0 Å². The molecule has 5 heteroatoms. The van der Waals surface area contributed by atoms with Crippen molar-refractivity contribution in [2.75, 3.05) is 5.75 Å². The summed E-state index contributed by atoms with van der Waals surface area (Å²) >= 11 is 8.23. The Morgan fingerprint density at radius 2 is 1.11 bits per heavy atom. The number of aliphatic carboxylic acids is 1. The lowest BCUT2D eigenvalue weighted by atomic mass is 10.0. The predicted molar refractivity (Wildman–Crippen MR) is 134 cm³/mol. The SMILES string of the molecule is CCCCCCCCCCCCCCCCCCSC(=S)SC(C)(C)C(=O)O. The molecule has 0 aromatic heterocycles. The third-order valence-corrected chi connectivity index (χ3v) is 7.86. The number of carboxylic acid groups (broad SMARTS) is 1. The molecule has 0 radical (unpaired) electrons. The van der Waals surface area contributed by atoms with Crippen LogP contribution in [0.4, 0.5) is 0 Å². The third-order valence-electron chi connectivity index (χ3n) is 5.07. The van der Waals surface area contributed by atoms with Gasteiger partial charge in [-0.1, -0.05) is 127 Å². The van der Waals surface area contributed by atoms with E-state index in [1.165, 1.54) is 114 Å². The normalized spacial score (nSPS) is 11.7. The molecule has 0 saturated carbocycles. The summed E-state index contributed by atoms with van der Waals surface area (Å²) in [4.78, 5) is 11.1. The molecule has 0 amide bonds. The van der Waals surface area contributed by atoms with Gasteiger partial charge in [0.25, 0.3) is 0 Å². The summed E-state index contributed by atoms with van der Waals surface area (Å²) in [5, 5.41) is 9.12. The van der Waals surface area contributed by atoms with Crippen LogP contribution in [0.2, 0.25) is 0 Å². The van der Waals surface area contributed by atoms with E-state index in [2.05, 4.69) is 6.92 Å². The van der Waals surface area contributed by atoms with Crippen molar-refractivity contribution in [1.29, 1.82) is 0 Å². The molecule has 0 aliphatic carbocycles. The Hall–Kier alpha value is 0.260. The van der Waals surface area contributed by atoms with Gasteiger partial charge >= 0.3 is 5.97 Å². The fraction of sp³-hybridized carbons (Fsp3) is 0.913. The molecule has 0 spiro atoms. The van der Waals surface area contributed by atoms with E-state index in [1.807, 2.05) is 0 Å². The van der Waals surface area contributed by atoms with Crippen molar-refractivity contribution in [2.24, 2.45) is 0 Å². The lowest BCUT2D eigenvalue weighted by Gasteiger charge is -2.18. The average Bonchev–Trinajstić information content (AvgIpc) is 2.63. The maximum atomic E-state index is 11.1. The van der Waals surface area contributed by atoms with E-state index in [-0.39, 0.29) is 0 Å². The first kappa shape index (κ1) is 28.3. The molecular weight excluding hydrogens is 404 g/mol. The molecule has 0 aromatic rings. The van der Waals surface area contributed by atoms with Crippen LogP contribution in [0.3, 0.4) is 0 Å². The van der Waals surface area contributed by atoms with Crippen LogP contribution in [-0.4, -0.2) is 25.1 Å². The van der Waals surface area contributed by atoms with Crippen molar-refractivity contribution >= 4 is 45.2 Å². The van der Waals surface area contributed by atoms with Crippen molar-refractivity contribution in [1.82, 2.24) is 0 Å². The van der Waals surface area contributed by atoms with Crippen LogP contribution in [0.1, 0.15) is 124 Å². The molecule has 2 nitrogen and oxygen atoms in total. The Kier molecular flexibility index (Phi) is 19.4. The van der Waals surface area contributed by atoms with E-state index >= 15 is 0 Å². The first-order valence-corrected chi connectivity index (χ1v) is 13.7. The van der Waals surface area contributed by atoms with E-state index in [0.717, 1.165) is 9.28 Å². The number of carboxylic acids is 1. The second-order valence-corrected chi connectivity index (χ2v) is 12.2. The Morgan fingerprint density at radius 3 is 1.46 bits per heavy atom. The van der Waals surface area contributed by atoms with E-state index in [4.69, 9.17) is 17.3 Å². The molecule has 0 aromatic carbocycles. The minimum atomic E-state index is -0.821. The van der Waals surface area contributed by atoms with Gasteiger partial charge in [-0.15, -0.1) is 11.8 Å². The van der Waals surface area contributed by atoms with Gasteiger partial charge in [0.1, 0.15) is 8.28 Å². The zero-order valence-corrected chi connectivity index (χ0v) is 21.1. The van der Waals surface area contributed by atoms with Crippen LogP contribution in [-0.2, 0) is 4.79 Å². The zero-order valence-electron chi connectivity index (χ0n) is 18.6. The Balaban J connectivity index is 3.26. The highest BCUT2D eigenvalue weighted by atomic mass is 32.2. The summed E-state index contributed by atoms with van der Waals surface area (Å²) in [5.74, 6) is 0.211. The largest absolute Gasteiger partial charge is 0.480 e. The fourth-order valence-corrected chi connectivity index (χ4v) is 6.09. The van der Waals surface area contributed by atoms with Gasteiger partial charge in [0.2, 0.25) is 0 Å². The molecule has 0 bridgehead atoms. The van der Waals surface area contributed by atoms with Crippen molar-refractivity contribution in [3.05, 3.63) is 0 Å². The van der Waals surface area contributed by atoms with Crippen molar-refractivity contribution in [2.45, 2.75) is 128 Å². The first-order valence-electron chi connectivity index (χ1n) is 11.5. The minimum Gasteiger partial charge on any atom is -0.480 e. The van der Waals surface area contributed by atoms with Crippen LogP contribution >= 0.6 is 35.7 Å². The van der Waals surface area contributed by atoms with Gasteiger partial charge in [0.05, 0.1) is 0 Å². The maximum Gasteiger partial charge on any atom is 0.319 e. The quantitative estimate of drug-likeness (QED) is 0.158. The lowest BCUT2D eigenvalue weighted by Crippen LogP contribution is -2.28. The summed E-state index contributed by atoms with van der Waals surface area (Å²) in [6, 6.07) is 0. The first-order chi connectivity index (χ1) is 13.4. The van der Waals surface area contributed by atoms with Gasteiger partial charge in [-0.2, -0.15) is 0 Å². The van der Waals surface area contributed by atoms with Gasteiger partial charge in [-0.3, -0.25) is 4.79 Å². The average molecular weight is 449 g/mol. The highest BCUT2D eigenvalue weighted by Crippen LogP contribution is 2.31. The molecule has 0 heterocycles. The van der Waals surface area contributed by atoms with Crippen LogP contribution < -0.4 is 0 Å². The number of thioether (sulfide) groups is 2. The summed E-state index contributed by atoms with van der Waals surface area (Å²) in [7, 11) is 0. The van der Waals surface area contributed by atoms with Crippen LogP contribution in [0.25, 0.3) is 0 Å². The van der Waals surface area contributed by atoms with Crippen LogP contribution in [0.5, 0.6) is 0 Å². The fourth-order valence-electron chi connectivity index (χ4n) is 3.09. The molecule has 1 N–H and O–H groups in total. The highest BCUT2D eigenvalue weighted by molar-refractivity contribution is 8.47. The van der Waals surface area contributed by atoms with E-state index in [0.29, 0.717) is 0 Å². The Labute approximate surface area is 188 Å². The number of rotatable bonds is 19. The predicted octanol–water partition coefficient (Wildman–Crippen LogP) is 8.86. The molecule has 0 unspecified atom stereocenters. The molecule has 0 rings (SSSR count). The summed E-state index contributed by atoms with van der Waals surface area (Å²) in [6.45, 7) is 5.70. The number of thiocarbonyl (C=S) groups is 1. The van der Waals surface area contributed by atoms with Crippen LogP contribution in [0, 0.1) is 0 Å². The number of unbranched alkanes of at least 4 members (excludes halogenated alkanes) is 15. The van der Waals surface area contributed by atoms with Gasteiger partial charge in [0.15, 0.2) is 0 Å². The Bertz CT molecular complexity index is 397. The molecule has 0 aliphatic heterocycles. The summed E-state index contributed by atoms with van der Waals surface area (Å²) in [5.41, 5.74) is 0. The van der Waals surface area contributed by atoms with Crippen molar-refractivity contribution < 1.29 is 9.90 Å². The molecule has 0 atom stereocenters. The van der Waals surface area contributed by atoms with E-state index in [1.54, 1.807) is 25.6 Å². The summed E-state index contributed by atoms with van der Waals surface area (Å²) < 4.78 is -0.0630. The second-order valence-electron chi connectivity index (χ2n) is 8.32. The molecule has 0 saturated heterocycles. The van der Waals surface area contributed by atoms with Gasteiger partial charge in [0, 0.05) is 0 Å².